The molecule has 0 amide bonds. The number of esters is 2. The van der Waals surface area contributed by atoms with Crippen molar-refractivity contribution in [3.8, 4) is 0 Å². The minimum atomic E-state index is -0.787. The topological polar surface area (TPSA) is 52.6 Å². The van der Waals surface area contributed by atoms with E-state index in [1.165, 1.54) is 6.42 Å². The number of hydrogen-bond acceptors (Lipinski definition) is 4. The zero-order chi connectivity index (χ0) is 21.2. The van der Waals surface area contributed by atoms with Gasteiger partial charge in [-0.2, -0.15) is 0 Å². The van der Waals surface area contributed by atoms with Gasteiger partial charge in [-0.25, -0.2) is 4.79 Å². The highest BCUT2D eigenvalue weighted by Gasteiger charge is 2.54. The van der Waals surface area contributed by atoms with E-state index >= 15 is 0 Å². The molecular weight excluding hydrogens is 364 g/mol. The summed E-state index contributed by atoms with van der Waals surface area (Å²) in [5.41, 5.74) is -1.28. The molecule has 0 radical (unpaired) electrons. The molecule has 0 heterocycles. The van der Waals surface area contributed by atoms with E-state index in [-0.39, 0.29) is 17.9 Å². The van der Waals surface area contributed by atoms with Crippen molar-refractivity contribution in [3.05, 3.63) is 23.8 Å². The summed E-state index contributed by atoms with van der Waals surface area (Å²) in [5, 5.41) is 0. The number of allylic oxidation sites excluding steroid dienone is 3. The standard InChI is InChI=1S/C25H36O4/c1-23(2,24(3,4)28-21(26)19-13-15-7-9-17(19)11-15)25(5,6)29-22(27)20-14-16-8-10-18(20)12-16/h7,9,14-19H,8,10-13H2,1-6H3. The number of carbonyl (C=O) groups is 2. The van der Waals surface area contributed by atoms with Crippen molar-refractivity contribution in [2.45, 2.75) is 84.8 Å². The molecule has 5 atom stereocenters. The molecule has 4 bridgehead atoms. The van der Waals surface area contributed by atoms with Gasteiger partial charge in [0.25, 0.3) is 0 Å². The zero-order valence-corrected chi connectivity index (χ0v) is 18.8. The van der Waals surface area contributed by atoms with E-state index in [1.807, 2.05) is 41.5 Å². The van der Waals surface area contributed by atoms with Gasteiger partial charge >= 0.3 is 11.9 Å². The van der Waals surface area contributed by atoms with Gasteiger partial charge in [-0.05, 0) is 83.5 Å². The molecular formula is C25H36O4. The molecule has 0 aromatic carbocycles. The fourth-order valence-corrected chi connectivity index (χ4v) is 5.72. The average molecular weight is 401 g/mol. The summed E-state index contributed by atoms with van der Waals surface area (Å²) in [5.74, 6) is 1.41. The highest BCUT2D eigenvalue weighted by molar-refractivity contribution is 5.90. The summed E-state index contributed by atoms with van der Waals surface area (Å²) in [6, 6.07) is 0. The van der Waals surface area contributed by atoms with E-state index in [4.69, 9.17) is 9.47 Å². The van der Waals surface area contributed by atoms with E-state index in [0.717, 1.165) is 31.3 Å². The van der Waals surface area contributed by atoms with Crippen LogP contribution in [0.4, 0.5) is 0 Å². The maximum Gasteiger partial charge on any atom is 0.334 e. The van der Waals surface area contributed by atoms with E-state index < -0.39 is 16.6 Å². The molecule has 2 saturated carbocycles. The molecule has 0 aliphatic heterocycles. The van der Waals surface area contributed by atoms with Crippen LogP contribution in [0.25, 0.3) is 0 Å². The first-order valence-electron chi connectivity index (χ1n) is 11.3. The van der Waals surface area contributed by atoms with Gasteiger partial charge in [-0.15, -0.1) is 0 Å². The largest absolute Gasteiger partial charge is 0.459 e. The van der Waals surface area contributed by atoms with Crippen molar-refractivity contribution in [1.82, 2.24) is 0 Å². The number of ether oxygens (including phenoxy) is 2. The van der Waals surface area contributed by atoms with Gasteiger partial charge in [0.2, 0.25) is 0 Å². The van der Waals surface area contributed by atoms with Gasteiger partial charge in [0.15, 0.2) is 0 Å². The van der Waals surface area contributed by atoms with E-state index in [0.29, 0.717) is 23.7 Å². The SMILES string of the molecule is CC(C)(OC(=O)C1=CC2CCC1C2)C(C)(C)C(C)(C)OC(=O)C1CC2C=CC1C2. The van der Waals surface area contributed by atoms with Crippen LogP contribution in [0, 0.1) is 35.0 Å². The minimum Gasteiger partial charge on any atom is -0.459 e. The van der Waals surface area contributed by atoms with Crippen molar-refractivity contribution < 1.29 is 19.1 Å². The number of fused-ring (bicyclic) bond motifs is 4. The van der Waals surface area contributed by atoms with Crippen LogP contribution >= 0.6 is 0 Å². The minimum absolute atomic E-state index is 0.0371. The Hall–Kier alpha value is -1.58. The van der Waals surface area contributed by atoms with Crippen LogP contribution in [0.3, 0.4) is 0 Å². The lowest BCUT2D eigenvalue weighted by Crippen LogP contribution is -2.57. The predicted octanol–water partition coefficient (Wildman–Crippen LogP) is 5.22. The van der Waals surface area contributed by atoms with Gasteiger partial charge in [0.05, 0.1) is 5.92 Å². The van der Waals surface area contributed by atoms with Crippen molar-refractivity contribution >= 4 is 11.9 Å². The van der Waals surface area contributed by atoms with Crippen molar-refractivity contribution in [1.29, 1.82) is 0 Å². The Bertz CT molecular complexity index is 770. The summed E-state index contributed by atoms with van der Waals surface area (Å²) in [4.78, 5) is 25.9. The molecule has 160 valence electrons. The third-order valence-corrected chi connectivity index (χ3v) is 8.86. The lowest BCUT2D eigenvalue weighted by molar-refractivity contribution is -0.206. The summed E-state index contributed by atoms with van der Waals surface area (Å²) in [6.07, 6.45) is 11.9. The maximum atomic E-state index is 13.0. The van der Waals surface area contributed by atoms with Crippen LogP contribution in [-0.4, -0.2) is 23.1 Å². The van der Waals surface area contributed by atoms with Crippen molar-refractivity contribution in [2.24, 2.45) is 35.0 Å². The van der Waals surface area contributed by atoms with E-state index in [9.17, 15) is 9.59 Å². The molecule has 0 aromatic rings. The second-order valence-electron chi connectivity index (χ2n) is 11.2. The molecule has 4 nitrogen and oxygen atoms in total. The van der Waals surface area contributed by atoms with Gasteiger partial charge in [-0.1, -0.05) is 32.1 Å². The molecule has 0 aromatic heterocycles. The Morgan fingerprint density at radius 3 is 2.07 bits per heavy atom. The van der Waals surface area contributed by atoms with Crippen LogP contribution < -0.4 is 0 Å². The Morgan fingerprint density at radius 2 is 1.55 bits per heavy atom. The lowest BCUT2D eigenvalue weighted by Gasteiger charge is -2.50. The summed E-state index contributed by atoms with van der Waals surface area (Å²) in [6.45, 7) is 11.8. The number of hydrogen-bond donors (Lipinski definition) is 0. The molecule has 5 unspecified atom stereocenters. The predicted molar refractivity (Wildman–Crippen MR) is 112 cm³/mol. The van der Waals surface area contributed by atoms with Crippen molar-refractivity contribution in [3.63, 3.8) is 0 Å². The molecule has 0 saturated heterocycles. The smallest absolute Gasteiger partial charge is 0.334 e. The molecule has 4 rings (SSSR count). The van der Waals surface area contributed by atoms with Crippen LogP contribution in [0.2, 0.25) is 0 Å². The van der Waals surface area contributed by atoms with Gasteiger partial charge < -0.3 is 9.47 Å². The van der Waals surface area contributed by atoms with E-state index in [2.05, 4.69) is 18.2 Å². The molecule has 2 fully saturated rings. The maximum absolute atomic E-state index is 13.0. The number of carbonyl (C=O) groups excluding carboxylic acids is 2. The van der Waals surface area contributed by atoms with Crippen LogP contribution in [0.1, 0.15) is 73.6 Å². The van der Waals surface area contributed by atoms with Crippen molar-refractivity contribution in [2.75, 3.05) is 0 Å². The highest BCUT2D eigenvalue weighted by atomic mass is 16.6. The van der Waals surface area contributed by atoms with Crippen LogP contribution in [-0.2, 0) is 19.1 Å². The zero-order valence-electron chi connectivity index (χ0n) is 18.8. The Morgan fingerprint density at radius 1 is 0.862 bits per heavy atom. The quantitative estimate of drug-likeness (QED) is 0.453. The molecule has 0 spiro atoms. The Balaban J connectivity index is 1.44. The Kier molecular flexibility index (Phi) is 4.79. The molecule has 4 aliphatic carbocycles. The fraction of sp³-hybridized carbons (Fsp3) is 0.760. The average Bonchev–Trinajstić information content (AvgIpc) is 3.40. The third-order valence-electron chi connectivity index (χ3n) is 8.86. The second-order valence-corrected chi connectivity index (χ2v) is 11.2. The van der Waals surface area contributed by atoms with E-state index in [1.54, 1.807) is 0 Å². The summed E-state index contributed by atoms with van der Waals surface area (Å²) >= 11 is 0. The number of rotatable bonds is 6. The first-order valence-corrected chi connectivity index (χ1v) is 11.3. The fourth-order valence-electron chi connectivity index (χ4n) is 5.72. The van der Waals surface area contributed by atoms with Gasteiger partial charge in [0.1, 0.15) is 11.2 Å². The van der Waals surface area contributed by atoms with Crippen LogP contribution in [0.15, 0.2) is 23.8 Å². The Labute approximate surface area is 175 Å². The van der Waals surface area contributed by atoms with Gasteiger partial charge in [-0.3, -0.25) is 4.79 Å². The summed E-state index contributed by atoms with van der Waals surface area (Å²) in [7, 11) is 0. The molecule has 4 heteroatoms. The molecule has 29 heavy (non-hydrogen) atoms. The first kappa shape index (κ1) is 20.7. The monoisotopic (exact) mass is 400 g/mol. The molecule has 4 aliphatic rings. The highest BCUT2D eigenvalue weighted by Crippen LogP contribution is 2.49. The lowest BCUT2D eigenvalue weighted by atomic mass is 9.66. The van der Waals surface area contributed by atoms with Gasteiger partial charge in [0, 0.05) is 11.0 Å². The summed E-state index contributed by atoms with van der Waals surface area (Å²) < 4.78 is 12.2. The first-order chi connectivity index (χ1) is 13.4. The second kappa shape index (κ2) is 6.72. The molecule has 0 N–H and O–H groups in total. The normalized spacial score (nSPS) is 33.2. The van der Waals surface area contributed by atoms with Crippen LogP contribution in [0.5, 0.6) is 0 Å². The third kappa shape index (κ3) is 3.37.